The average Bonchev–Trinajstić information content (AvgIpc) is 3.36. The second-order valence-corrected chi connectivity index (χ2v) is 7.47. The molecular formula is C20H20N2O4S. The van der Waals surface area contributed by atoms with E-state index in [2.05, 4.69) is 24.1 Å². The van der Waals surface area contributed by atoms with Crippen LogP contribution in [0.25, 0.3) is 10.8 Å². The van der Waals surface area contributed by atoms with Crippen molar-refractivity contribution >= 4 is 17.2 Å². The third-order valence-electron chi connectivity index (χ3n) is 4.35. The van der Waals surface area contributed by atoms with Crippen molar-refractivity contribution in [2.75, 3.05) is 13.2 Å². The highest BCUT2D eigenvalue weighted by atomic mass is 32.1. The lowest BCUT2D eigenvalue weighted by molar-refractivity contribution is 0.0921. The first kappa shape index (κ1) is 17.6. The second kappa shape index (κ2) is 7.44. The summed E-state index contributed by atoms with van der Waals surface area (Å²) in [5.41, 5.74) is 1.36. The van der Waals surface area contributed by atoms with Crippen molar-refractivity contribution in [3.05, 3.63) is 53.2 Å². The number of benzene rings is 1. The number of amides is 1. The van der Waals surface area contributed by atoms with E-state index in [0.717, 1.165) is 11.3 Å². The van der Waals surface area contributed by atoms with Gasteiger partial charge in [0.05, 0.1) is 12.3 Å². The van der Waals surface area contributed by atoms with E-state index in [-0.39, 0.29) is 17.9 Å². The van der Waals surface area contributed by atoms with Crippen LogP contribution in [-0.4, -0.2) is 24.1 Å². The van der Waals surface area contributed by atoms with Crippen molar-refractivity contribution in [1.29, 1.82) is 0 Å². The number of rotatable bonds is 5. The molecule has 140 valence electrons. The number of furan rings is 1. The second-order valence-electron chi connectivity index (χ2n) is 6.61. The highest BCUT2D eigenvalue weighted by Gasteiger charge is 2.23. The van der Waals surface area contributed by atoms with E-state index in [1.807, 2.05) is 24.3 Å². The van der Waals surface area contributed by atoms with Crippen LogP contribution in [0.1, 0.15) is 35.9 Å². The summed E-state index contributed by atoms with van der Waals surface area (Å²) in [5.74, 6) is 2.09. The molecule has 1 aromatic carbocycles. The molecule has 6 nitrogen and oxygen atoms in total. The molecule has 1 unspecified atom stereocenters. The summed E-state index contributed by atoms with van der Waals surface area (Å²) in [5, 5.41) is 5.52. The van der Waals surface area contributed by atoms with Gasteiger partial charge < -0.3 is 19.2 Å². The summed E-state index contributed by atoms with van der Waals surface area (Å²) in [6, 6.07) is 9.26. The molecule has 27 heavy (non-hydrogen) atoms. The maximum absolute atomic E-state index is 12.8. The maximum atomic E-state index is 12.8. The first-order chi connectivity index (χ1) is 13.1. The van der Waals surface area contributed by atoms with E-state index in [1.165, 1.54) is 11.3 Å². The normalized spacial score (nSPS) is 14.2. The van der Waals surface area contributed by atoms with Gasteiger partial charge in [0.2, 0.25) is 0 Å². The summed E-state index contributed by atoms with van der Waals surface area (Å²) in [6.07, 6.45) is 1.59. The molecule has 0 fully saturated rings. The van der Waals surface area contributed by atoms with E-state index in [4.69, 9.17) is 13.9 Å². The zero-order valence-electron chi connectivity index (χ0n) is 15.1. The quantitative estimate of drug-likeness (QED) is 0.710. The van der Waals surface area contributed by atoms with Crippen LogP contribution in [0.15, 0.2) is 46.4 Å². The molecule has 1 N–H and O–H groups in total. The van der Waals surface area contributed by atoms with Crippen LogP contribution in [0.5, 0.6) is 11.5 Å². The predicted molar refractivity (Wildman–Crippen MR) is 102 cm³/mol. The van der Waals surface area contributed by atoms with Crippen LogP contribution in [0.3, 0.4) is 0 Å². The first-order valence-electron chi connectivity index (χ1n) is 8.81. The highest BCUT2D eigenvalue weighted by molar-refractivity contribution is 7.13. The van der Waals surface area contributed by atoms with Crippen molar-refractivity contribution in [3.8, 4) is 22.3 Å². The Balaban J connectivity index is 1.54. The van der Waals surface area contributed by atoms with E-state index in [9.17, 15) is 4.79 Å². The Morgan fingerprint density at radius 2 is 2.00 bits per heavy atom. The molecule has 7 heteroatoms. The van der Waals surface area contributed by atoms with Gasteiger partial charge in [-0.3, -0.25) is 4.79 Å². The smallest absolute Gasteiger partial charge is 0.271 e. The zero-order valence-corrected chi connectivity index (χ0v) is 15.9. The van der Waals surface area contributed by atoms with Gasteiger partial charge in [-0.2, -0.15) is 0 Å². The molecule has 0 bridgehead atoms. The summed E-state index contributed by atoms with van der Waals surface area (Å²) in [7, 11) is 0. The molecule has 4 rings (SSSR count). The SMILES string of the molecule is CC(C)C(NC(=O)c1csc(-c2ccco2)n1)c1ccc2c(c1)OCCO2. The number of fused-ring (bicyclic) bond motifs is 1. The lowest BCUT2D eigenvalue weighted by Gasteiger charge is -2.25. The lowest BCUT2D eigenvalue weighted by Crippen LogP contribution is -2.32. The largest absolute Gasteiger partial charge is 0.486 e. The first-order valence-corrected chi connectivity index (χ1v) is 9.69. The van der Waals surface area contributed by atoms with E-state index >= 15 is 0 Å². The Morgan fingerprint density at radius 1 is 1.19 bits per heavy atom. The summed E-state index contributed by atoms with van der Waals surface area (Å²) < 4.78 is 16.6. The minimum absolute atomic E-state index is 0.165. The molecule has 0 saturated carbocycles. The third kappa shape index (κ3) is 3.68. The fourth-order valence-electron chi connectivity index (χ4n) is 2.99. The molecule has 0 spiro atoms. The van der Waals surface area contributed by atoms with Gasteiger partial charge >= 0.3 is 0 Å². The van der Waals surface area contributed by atoms with Crippen molar-refractivity contribution < 1.29 is 18.7 Å². The Labute approximate surface area is 161 Å². The Hall–Kier alpha value is -2.80. The molecule has 2 aromatic heterocycles. The number of hydrogen-bond acceptors (Lipinski definition) is 6. The van der Waals surface area contributed by atoms with Gasteiger partial charge in [-0.1, -0.05) is 19.9 Å². The average molecular weight is 384 g/mol. The van der Waals surface area contributed by atoms with Crippen molar-refractivity contribution in [1.82, 2.24) is 10.3 Å². The minimum atomic E-state index is -0.211. The van der Waals surface area contributed by atoms with Gasteiger partial charge in [-0.25, -0.2) is 4.98 Å². The lowest BCUT2D eigenvalue weighted by atomic mass is 9.95. The Kier molecular flexibility index (Phi) is 4.85. The molecule has 3 heterocycles. The van der Waals surface area contributed by atoms with Crippen LogP contribution in [-0.2, 0) is 0 Å². The molecule has 0 radical (unpaired) electrons. The number of nitrogens with one attached hydrogen (secondary N) is 1. The van der Waals surface area contributed by atoms with Gasteiger partial charge in [0, 0.05) is 5.38 Å². The number of carbonyl (C=O) groups excluding carboxylic acids is 1. The van der Waals surface area contributed by atoms with Crippen LogP contribution >= 0.6 is 11.3 Å². The van der Waals surface area contributed by atoms with E-state index in [1.54, 1.807) is 17.7 Å². The topological polar surface area (TPSA) is 73.6 Å². The molecule has 1 atom stereocenters. The summed E-state index contributed by atoms with van der Waals surface area (Å²) in [6.45, 7) is 5.22. The fourth-order valence-corrected chi connectivity index (χ4v) is 3.76. The molecular weight excluding hydrogens is 364 g/mol. The number of nitrogens with zero attached hydrogens (tertiary/aromatic N) is 1. The van der Waals surface area contributed by atoms with Gasteiger partial charge in [0.25, 0.3) is 5.91 Å². The molecule has 1 amide bonds. The van der Waals surface area contributed by atoms with E-state index in [0.29, 0.717) is 35.4 Å². The van der Waals surface area contributed by atoms with Crippen LogP contribution in [0, 0.1) is 5.92 Å². The highest BCUT2D eigenvalue weighted by Crippen LogP contribution is 2.34. The number of hydrogen-bond donors (Lipinski definition) is 1. The number of aromatic nitrogens is 1. The summed E-state index contributed by atoms with van der Waals surface area (Å²) in [4.78, 5) is 17.1. The molecule has 3 aromatic rings. The molecule has 1 aliphatic heterocycles. The minimum Gasteiger partial charge on any atom is -0.486 e. The monoisotopic (exact) mass is 384 g/mol. The van der Waals surface area contributed by atoms with Gasteiger partial charge in [0.15, 0.2) is 22.3 Å². The van der Waals surface area contributed by atoms with Gasteiger partial charge in [-0.05, 0) is 35.7 Å². The number of carbonyl (C=O) groups is 1. The summed E-state index contributed by atoms with van der Waals surface area (Å²) >= 11 is 1.38. The van der Waals surface area contributed by atoms with Crippen LogP contribution < -0.4 is 14.8 Å². The number of thiazole rings is 1. The van der Waals surface area contributed by atoms with Gasteiger partial charge in [-0.15, -0.1) is 11.3 Å². The Morgan fingerprint density at radius 3 is 2.74 bits per heavy atom. The van der Waals surface area contributed by atoms with Crippen molar-refractivity contribution in [2.45, 2.75) is 19.9 Å². The standard InChI is InChI=1S/C20H20N2O4S/c1-12(2)18(13-5-6-15-17(10-13)26-9-8-25-15)22-19(23)14-11-27-20(21-14)16-4-3-7-24-16/h3-7,10-12,18H,8-9H2,1-2H3,(H,22,23). The Bertz CT molecular complexity index is 933. The predicted octanol–water partition coefficient (Wildman–Crippen LogP) is 4.30. The number of ether oxygens (including phenoxy) is 2. The molecule has 0 aliphatic carbocycles. The third-order valence-corrected chi connectivity index (χ3v) is 5.20. The van der Waals surface area contributed by atoms with Crippen LogP contribution in [0.2, 0.25) is 0 Å². The maximum Gasteiger partial charge on any atom is 0.271 e. The van der Waals surface area contributed by atoms with Crippen LogP contribution in [0.4, 0.5) is 0 Å². The fraction of sp³-hybridized carbons (Fsp3) is 0.300. The molecule has 1 aliphatic rings. The van der Waals surface area contributed by atoms with E-state index < -0.39 is 0 Å². The zero-order chi connectivity index (χ0) is 18.8. The van der Waals surface area contributed by atoms with Crippen molar-refractivity contribution in [3.63, 3.8) is 0 Å². The molecule has 0 saturated heterocycles. The van der Waals surface area contributed by atoms with Crippen molar-refractivity contribution in [2.24, 2.45) is 5.92 Å². The van der Waals surface area contributed by atoms with Gasteiger partial charge in [0.1, 0.15) is 18.9 Å².